The van der Waals surface area contributed by atoms with E-state index in [2.05, 4.69) is 22.5 Å². The molecule has 0 saturated carbocycles. The number of benzene rings is 2. The van der Waals surface area contributed by atoms with Crippen LogP contribution in [0.25, 0.3) is 0 Å². The van der Waals surface area contributed by atoms with Gasteiger partial charge in [0.25, 0.3) is 0 Å². The number of carbonyl (C=O) groups excluding carboxylic acids is 2. The normalized spacial score (nSPS) is 16.5. The van der Waals surface area contributed by atoms with Crippen molar-refractivity contribution in [2.45, 2.75) is 71.0 Å². The lowest BCUT2D eigenvalue weighted by Gasteiger charge is -2.38. The molecule has 6 nitrogen and oxygen atoms in total. The number of halogens is 2. The standard InChI is InChI=1S/C32H36Cl2N4O2/c1-20(23-12-13-26(33)27(34)17-23)16-31(35-18-30(40)22-8-4-3-5-9-22)38-15-14-29-25(19-38)32(36-21(2)39)24-10-6-7-11-28(24)37-29/h3-5,8-9,12-13,17,20,31,35H,6-7,10-11,14-16,18-19H2,1-2H3,(H,36,37,39). The summed E-state index contributed by atoms with van der Waals surface area (Å²) >= 11 is 12.5. The number of rotatable bonds is 9. The van der Waals surface area contributed by atoms with Crippen LogP contribution in [0.5, 0.6) is 0 Å². The molecule has 8 heteroatoms. The number of carbonyl (C=O) groups is 2. The van der Waals surface area contributed by atoms with Crippen LogP contribution in [0.1, 0.15) is 77.5 Å². The maximum atomic E-state index is 13.0. The van der Waals surface area contributed by atoms with Crippen LogP contribution < -0.4 is 10.6 Å². The van der Waals surface area contributed by atoms with E-state index < -0.39 is 0 Å². The lowest BCUT2D eigenvalue weighted by atomic mass is 9.89. The number of nitrogens with one attached hydrogen (secondary N) is 2. The smallest absolute Gasteiger partial charge is 0.221 e. The molecule has 1 aliphatic heterocycles. The Morgan fingerprint density at radius 3 is 2.48 bits per heavy atom. The van der Waals surface area contributed by atoms with Crippen molar-refractivity contribution in [1.29, 1.82) is 0 Å². The van der Waals surface area contributed by atoms with Crippen molar-refractivity contribution in [3.8, 4) is 0 Å². The average Bonchev–Trinajstić information content (AvgIpc) is 2.96. The predicted molar refractivity (Wildman–Crippen MR) is 161 cm³/mol. The Morgan fingerprint density at radius 2 is 1.73 bits per heavy atom. The van der Waals surface area contributed by atoms with Crippen LogP contribution in [0.3, 0.4) is 0 Å². The van der Waals surface area contributed by atoms with Gasteiger partial charge in [-0.2, -0.15) is 0 Å². The van der Waals surface area contributed by atoms with Crippen molar-refractivity contribution in [2.24, 2.45) is 0 Å². The van der Waals surface area contributed by atoms with E-state index in [1.807, 2.05) is 48.5 Å². The van der Waals surface area contributed by atoms with Gasteiger partial charge in [0.15, 0.2) is 5.78 Å². The van der Waals surface area contributed by atoms with Gasteiger partial charge in [0.05, 0.1) is 28.4 Å². The molecule has 2 atom stereocenters. The Balaban J connectivity index is 1.42. The third-order valence-electron chi connectivity index (χ3n) is 8.08. The summed E-state index contributed by atoms with van der Waals surface area (Å²) in [7, 11) is 0. The minimum atomic E-state index is -0.0773. The van der Waals surface area contributed by atoms with Gasteiger partial charge >= 0.3 is 0 Å². The van der Waals surface area contributed by atoms with Gasteiger partial charge < -0.3 is 5.32 Å². The number of hydrogen-bond acceptors (Lipinski definition) is 5. The SMILES string of the molecule is CC(=O)Nc1c2c(nc3c1CN(C(CC(C)c1ccc(Cl)c(Cl)c1)NCC(=O)c1ccccc1)CC3)CCCC2. The molecule has 0 saturated heterocycles. The van der Waals surface area contributed by atoms with Crippen molar-refractivity contribution in [1.82, 2.24) is 15.2 Å². The van der Waals surface area contributed by atoms with Crippen LogP contribution in [0.4, 0.5) is 5.69 Å². The molecule has 0 bridgehead atoms. The van der Waals surface area contributed by atoms with Crippen LogP contribution in [0.15, 0.2) is 48.5 Å². The zero-order chi connectivity index (χ0) is 28.2. The molecular formula is C32H36Cl2N4O2. The number of ketones is 1. The first kappa shape index (κ1) is 28.7. The first-order chi connectivity index (χ1) is 19.3. The summed E-state index contributed by atoms with van der Waals surface area (Å²) in [6.07, 6.45) is 5.63. The summed E-state index contributed by atoms with van der Waals surface area (Å²) in [4.78, 5) is 32.7. The minimum Gasteiger partial charge on any atom is -0.326 e. The van der Waals surface area contributed by atoms with Gasteiger partial charge in [0.1, 0.15) is 0 Å². The van der Waals surface area contributed by atoms with Gasteiger partial charge in [0, 0.05) is 48.9 Å². The molecule has 40 heavy (non-hydrogen) atoms. The summed E-state index contributed by atoms with van der Waals surface area (Å²) in [5, 5.41) is 7.82. The number of fused-ring (bicyclic) bond motifs is 2. The Kier molecular flexibility index (Phi) is 9.21. The third kappa shape index (κ3) is 6.58. The van der Waals surface area contributed by atoms with Crippen LogP contribution >= 0.6 is 23.2 Å². The van der Waals surface area contributed by atoms with E-state index in [0.29, 0.717) is 22.2 Å². The summed E-state index contributed by atoms with van der Waals surface area (Å²) < 4.78 is 0. The van der Waals surface area contributed by atoms with Crippen molar-refractivity contribution < 1.29 is 9.59 Å². The van der Waals surface area contributed by atoms with Gasteiger partial charge in [-0.15, -0.1) is 0 Å². The molecule has 2 unspecified atom stereocenters. The zero-order valence-corrected chi connectivity index (χ0v) is 24.6. The highest BCUT2D eigenvalue weighted by Crippen LogP contribution is 2.36. The molecular weight excluding hydrogens is 543 g/mol. The van der Waals surface area contributed by atoms with E-state index in [1.54, 1.807) is 6.92 Å². The first-order valence-corrected chi connectivity index (χ1v) is 14.9. The molecule has 2 aliphatic rings. The summed E-state index contributed by atoms with van der Waals surface area (Å²) in [5.41, 5.74) is 7.26. The topological polar surface area (TPSA) is 74.3 Å². The largest absolute Gasteiger partial charge is 0.326 e. The lowest BCUT2D eigenvalue weighted by Crippen LogP contribution is -2.50. The van der Waals surface area contributed by atoms with E-state index in [1.165, 1.54) is 5.56 Å². The molecule has 0 fully saturated rings. The average molecular weight is 580 g/mol. The fourth-order valence-corrected chi connectivity index (χ4v) is 6.24. The van der Waals surface area contributed by atoms with Crippen molar-refractivity contribution in [3.63, 3.8) is 0 Å². The number of amides is 1. The van der Waals surface area contributed by atoms with Gasteiger partial charge in [-0.1, -0.05) is 66.5 Å². The molecule has 0 radical (unpaired) electrons. The molecule has 1 amide bonds. The lowest BCUT2D eigenvalue weighted by molar-refractivity contribution is -0.114. The predicted octanol–water partition coefficient (Wildman–Crippen LogP) is 6.58. The van der Waals surface area contributed by atoms with Gasteiger partial charge in [-0.25, -0.2) is 0 Å². The fourth-order valence-electron chi connectivity index (χ4n) is 5.93. The van der Waals surface area contributed by atoms with E-state index in [9.17, 15) is 9.59 Å². The second kappa shape index (κ2) is 12.8. The number of hydrogen-bond donors (Lipinski definition) is 2. The Morgan fingerprint density at radius 1 is 0.975 bits per heavy atom. The maximum absolute atomic E-state index is 13.0. The molecule has 1 aromatic heterocycles. The number of aromatic nitrogens is 1. The van der Waals surface area contributed by atoms with E-state index >= 15 is 0 Å². The van der Waals surface area contributed by atoms with Crippen LogP contribution in [-0.4, -0.2) is 40.8 Å². The minimum absolute atomic E-state index is 0.0554. The second-order valence-corrected chi connectivity index (χ2v) is 11.8. The molecule has 5 rings (SSSR count). The highest BCUT2D eigenvalue weighted by Gasteiger charge is 2.31. The van der Waals surface area contributed by atoms with Gasteiger partial charge in [0.2, 0.25) is 5.91 Å². The second-order valence-electron chi connectivity index (χ2n) is 10.9. The van der Waals surface area contributed by atoms with Crippen molar-refractivity contribution in [3.05, 3.63) is 92.2 Å². The molecule has 210 valence electrons. The van der Waals surface area contributed by atoms with Gasteiger partial charge in [-0.3, -0.25) is 24.8 Å². The van der Waals surface area contributed by atoms with Crippen molar-refractivity contribution in [2.75, 3.05) is 18.4 Å². The monoisotopic (exact) mass is 578 g/mol. The van der Waals surface area contributed by atoms with Crippen molar-refractivity contribution >= 4 is 40.6 Å². The molecule has 3 aromatic rings. The highest BCUT2D eigenvalue weighted by atomic mass is 35.5. The van der Waals surface area contributed by atoms with Crippen LogP contribution in [0, 0.1) is 0 Å². The van der Waals surface area contributed by atoms with E-state index in [4.69, 9.17) is 28.2 Å². The first-order valence-electron chi connectivity index (χ1n) is 14.1. The van der Waals surface area contributed by atoms with E-state index in [-0.39, 0.29) is 30.3 Å². The molecule has 2 N–H and O–H groups in total. The summed E-state index contributed by atoms with van der Waals surface area (Å²) in [6, 6.07) is 15.2. The number of aryl methyl sites for hydroxylation is 1. The molecule has 1 aliphatic carbocycles. The highest BCUT2D eigenvalue weighted by molar-refractivity contribution is 6.42. The Labute approximate surface area is 246 Å². The number of pyridine rings is 1. The van der Waals surface area contributed by atoms with Crippen LogP contribution in [0.2, 0.25) is 10.0 Å². The molecule has 2 heterocycles. The van der Waals surface area contributed by atoms with Crippen LogP contribution in [-0.2, 0) is 30.6 Å². The summed E-state index contributed by atoms with van der Waals surface area (Å²) in [5.74, 6) is 0.159. The number of Topliss-reactive ketones (excluding diaryl/α,β-unsaturated/α-hetero) is 1. The molecule has 0 spiro atoms. The molecule has 2 aromatic carbocycles. The Hall–Kier alpha value is -2.77. The Bertz CT molecular complexity index is 1400. The zero-order valence-electron chi connectivity index (χ0n) is 23.1. The van der Waals surface area contributed by atoms with E-state index in [0.717, 1.165) is 73.3 Å². The third-order valence-corrected chi connectivity index (χ3v) is 8.82. The summed E-state index contributed by atoms with van der Waals surface area (Å²) in [6.45, 7) is 5.43. The number of anilines is 1. The quantitative estimate of drug-likeness (QED) is 0.281. The fraction of sp³-hybridized carbons (Fsp3) is 0.406. The maximum Gasteiger partial charge on any atom is 0.221 e. The van der Waals surface area contributed by atoms with Gasteiger partial charge in [-0.05, 0) is 61.3 Å². The number of nitrogens with zero attached hydrogens (tertiary/aromatic N) is 2.